The normalized spacial score (nSPS) is 13.6. The fourth-order valence-corrected chi connectivity index (χ4v) is 11.1. The van der Waals surface area contributed by atoms with Crippen LogP contribution in [0.4, 0.5) is 0 Å². The van der Waals surface area contributed by atoms with Gasteiger partial charge in [0.1, 0.15) is 22.3 Å². The summed E-state index contributed by atoms with van der Waals surface area (Å²) in [5, 5.41) is 9.46. The van der Waals surface area contributed by atoms with Crippen LogP contribution in [0, 0.1) is 0 Å². The van der Waals surface area contributed by atoms with Gasteiger partial charge in [-0.05, 0) is 131 Å². The lowest BCUT2D eigenvalue weighted by atomic mass is 9.70. The van der Waals surface area contributed by atoms with Crippen molar-refractivity contribution in [3.63, 3.8) is 0 Å². The first-order valence-electron chi connectivity index (χ1n) is 20.4. The predicted molar refractivity (Wildman–Crippen MR) is 243 cm³/mol. The molecule has 0 atom stereocenters. The number of benzene rings is 10. The molecule has 0 aliphatic heterocycles. The van der Waals surface area contributed by atoms with Gasteiger partial charge in [-0.15, -0.1) is 0 Å². The molecule has 2 heteroatoms. The Labute approximate surface area is 339 Å². The van der Waals surface area contributed by atoms with E-state index >= 15 is 0 Å². The van der Waals surface area contributed by atoms with Crippen LogP contribution < -0.4 is 0 Å². The SMILES string of the molecule is c1ccc2c(c1)-c1ccccc1C21c2ccc(-c3cccc4oc5cc6ccccc6cc5c34)cc2-c2c1ccc1c(-c3ccc4oc5ccccc5c4c3)cccc21. The summed E-state index contributed by atoms with van der Waals surface area (Å²) in [6.07, 6.45) is 0. The third-order valence-corrected chi connectivity index (χ3v) is 13.5. The van der Waals surface area contributed by atoms with E-state index in [2.05, 4.69) is 188 Å². The van der Waals surface area contributed by atoms with Crippen LogP contribution in [0.25, 0.3) is 110 Å². The fraction of sp³-hybridized carbons (Fsp3) is 0.0175. The summed E-state index contributed by atoms with van der Waals surface area (Å²) in [6, 6.07) is 71.5. The first-order valence-corrected chi connectivity index (χ1v) is 20.4. The molecule has 0 bridgehead atoms. The molecule has 12 aromatic rings. The van der Waals surface area contributed by atoms with E-state index in [9.17, 15) is 0 Å². The molecule has 0 fully saturated rings. The van der Waals surface area contributed by atoms with Crippen molar-refractivity contribution in [1.82, 2.24) is 0 Å². The van der Waals surface area contributed by atoms with Gasteiger partial charge in [-0.2, -0.15) is 0 Å². The minimum absolute atomic E-state index is 0.456. The molecule has 2 nitrogen and oxygen atoms in total. The van der Waals surface area contributed by atoms with Gasteiger partial charge in [0, 0.05) is 21.5 Å². The van der Waals surface area contributed by atoms with Crippen LogP contribution in [-0.4, -0.2) is 0 Å². The van der Waals surface area contributed by atoms with Crippen LogP contribution >= 0.6 is 0 Å². The Morgan fingerprint density at radius 1 is 0.288 bits per heavy atom. The van der Waals surface area contributed by atoms with E-state index in [1.165, 1.54) is 88.3 Å². The summed E-state index contributed by atoms with van der Waals surface area (Å²) in [7, 11) is 0. The summed E-state index contributed by atoms with van der Waals surface area (Å²) in [4.78, 5) is 0. The molecular formula is C57H32O2. The van der Waals surface area contributed by atoms with E-state index in [1.54, 1.807) is 0 Å². The van der Waals surface area contributed by atoms with Crippen LogP contribution in [-0.2, 0) is 5.41 Å². The van der Waals surface area contributed by atoms with Gasteiger partial charge in [-0.25, -0.2) is 0 Å². The summed E-state index contributed by atoms with van der Waals surface area (Å²) < 4.78 is 12.8. The minimum Gasteiger partial charge on any atom is -0.456 e. The molecule has 0 saturated heterocycles. The highest BCUT2D eigenvalue weighted by Crippen LogP contribution is 2.64. The Hall–Kier alpha value is -7.68. The molecule has 1 spiro atoms. The lowest BCUT2D eigenvalue weighted by Crippen LogP contribution is -2.25. The lowest BCUT2D eigenvalue weighted by molar-refractivity contribution is 0.669. The zero-order chi connectivity index (χ0) is 38.4. The van der Waals surface area contributed by atoms with Crippen molar-refractivity contribution in [2.45, 2.75) is 5.41 Å². The van der Waals surface area contributed by atoms with Crippen LogP contribution in [0.1, 0.15) is 22.3 Å². The highest BCUT2D eigenvalue weighted by molar-refractivity contribution is 6.17. The Kier molecular flexibility index (Phi) is 5.99. The standard InChI is InChI=1S/C57H32O2/c1-2-12-34-32-54-46(29-33(34)11-1)56-38(17-10-22-53(56)59-54)36-23-26-49-45(31-36)55-43-18-9-16-37(35-24-28-52-44(30-35)42-15-5-8-21-51(42)58-52)39(43)25-27-50(55)57(49)47-19-6-3-13-40(47)41-14-4-7-20-48(41)57/h1-32H. The average Bonchev–Trinajstić information content (AvgIpc) is 4.02. The number of hydrogen-bond donors (Lipinski definition) is 0. The molecule has 0 unspecified atom stereocenters. The summed E-state index contributed by atoms with van der Waals surface area (Å²) in [5.74, 6) is 0. The molecule has 2 aromatic heterocycles. The van der Waals surface area contributed by atoms with Crippen LogP contribution in [0.2, 0.25) is 0 Å². The van der Waals surface area contributed by atoms with Crippen LogP contribution in [0.5, 0.6) is 0 Å². The number of rotatable bonds is 2. The zero-order valence-electron chi connectivity index (χ0n) is 31.8. The Morgan fingerprint density at radius 3 is 1.75 bits per heavy atom. The molecule has 0 saturated carbocycles. The summed E-state index contributed by atoms with van der Waals surface area (Å²) in [5.41, 5.74) is 18.5. The van der Waals surface area contributed by atoms with Gasteiger partial charge < -0.3 is 8.83 Å². The second kappa shape index (κ2) is 11.2. The van der Waals surface area contributed by atoms with E-state index in [4.69, 9.17) is 8.83 Å². The number of para-hydroxylation sites is 1. The van der Waals surface area contributed by atoms with E-state index in [0.717, 1.165) is 43.9 Å². The van der Waals surface area contributed by atoms with Gasteiger partial charge in [0.15, 0.2) is 0 Å². The molecule has 59 heavy (non-hydrogen) atoms. The van der Waals surface area contributed by atoms with Crippen molar-refractivity contribution in [3.05, 3.63) is 216 Å². The van der Waals surface area contributed by atoms with Crippen molar-refractivity contribution in [3.8, 4) is 44.5 Å². The van der Waals surface area contributed by atoms with Crippen molar-refractivity contribution >= 4 is 65.4 Å². The minimum atomic E-state index is -0.456. The van der Waals surface area contributed by atoms with Crippen molar-refractivity contribution in [1.29, 1.82) is 0 Å². The molecule has 2 aliphatic rings. The van der Waals surface area contributed by atoms with Crippen LogP contribution in [0.15, 0.2) is 203 Å². The molecular weight excluding hydrogens is 717 g/mol. The number of hydrogen-bond acceptors (Lipinski definition) is 2. The fourth-order valence-electron chi connectivity index (χ4n) is 11.1. The second-order valence-corrected chi connectivity index (χ2v) is 16.3. The number of fused-ring (bicyclic) bond motifs is 19. The van der Waals surface area contributed by atoms with E-state index < -0.39 is 5.41 Å². The molecule has 2 heterocycles. The maximum absolute atomic E-state index is 6.58. The molecule has 2 aliphatic carbocycles. The summed E-state index contributed by atoms with van der Waals surface area (Å²) >= 11 is 0. The van der Waals surface area contributed by atoms with Gasteiger partial charge in [-0.1, -0.05) is 152 Å². The Bertz CT molecular complexity index is 3750. The second-order valence-electron chi connectivity index (χ2n) is 16.3. The Morgan fingerprint density at radius 2 is 0.881 bits per heavy atom. The molecule has 0 amide bonds. The van der Waals surface area contributed by atoms with E-state index in [-0.39, 0.29) is 0 Å². The van der Waals surface area contributed by atoms with Crippen LogP contribution in [0.3, 0.4) is 0 Å². The van der Waals surface area contributed by atoms with Gasteiger partial charge >= 0.3 is 0 Å². The van der Waals surface area contributed by atoms with Gasteiger partial charge in [0.25, 0.3) is 0 Å². The first-order chi connectivity index (χ1) is 29.2. The molecule has 10 aromatic carbocycles. The lowest BCUT2D eigenvalue weighted by Gasteiger charge is -2.30. The maximum Gasteiger partial charge on any atom is 0.136 e. The highest BCUT2D eigenvalue weighted by atomic mass is 16.3. The monoisotopic (exact) mass is 748 g/mol. The van der Waals surface area contributed by atoms with Crippen molar-refractivity contribution < 1.29 is 8.83 Å². The highest BCUT2D eigenvalue weighted by Gasteiger charge is 2.52. The first kappa shape index (κ1) is 31.4. The van der Waals surface area contributed by atoms with Crippen molar-refractivity contribution in [2.75, 3.05) is 0 Å². The largest absolute Gasteiger partial charge is 0.456 e. The topological polar surface area (TPSA) is 26.3 Å². The quantitative estimate of drug-likeness (QED) is 0.176. The third kappa shape index (κ3) is 4.00. The van der Waals surface area contributed by atoms with E-state index in [0.29, 0.717) is 0 Å². The maximum atomic E-state index is 6.58. The Balaban J connectivity index is 1.07. The van der Waals surface area contributed by atoms with Crippen molar-refractivity contribution in [2.24, 2.45) is 0 Å². The molecule has 0 radical (unpaired) electrons. The third-order valence-electron chi connectivity index (χ3n) is 13.5. The average molecular weight is 749 g/mol. The smallest absolute Gasteiger partial charge is 0.136 e. The summed E-state index contributed by atoms with van der Waals surface area (Å²) in [6.45, 7) is 0. The van der Waals surface area contributed by atoms with Gasteiger partial charge in [-0.3, -0.25) is 0 Å². The van der Waals surface area contributed by atoms with E-state index in [1.807, 2.05) is 6.07 Å². The zero-order valence-corrected chi connectivity index (χ0v) is 31.8. The predicted octanol–water partition coefficient (Wildman–Crippen LogP) is 15.5. The molecule has 272 valence electrons. The molecule has 14 rings (SSSR count). The van der Waals surface area contributed by atoms with Gasteiger partial charge in [0.05, 0.1) is 5.41 Å². The number of furan rings is 2. The molecule has 0 N–H and O–H groups in total. The van der Waals surface area contributed by atoms with Gasteiger partial charge in [0.2, 0.25) is 0 Å².